The van der Waals surface area contributed by atoms with Crippen LogP contribution in [0.4, 0.5) is 0 Å². The molecule has 108 valence electrons. The zero-order valence-electron chi connectivity index (χ0n) is 11.9. The molecule has 1 fully saturated rings. The van der Waals surface area contributed by atoms with E-state index in [1.165, 1.54) is 10.1 Å². The first kappa shape index (κ1) is 14.1. The van der Waals surface area contributed by atoms with Gasteiger partial charge in [0.25, 0.3) is 0 Å². The number of hydrogen-bond acceptors (Lipinski definition) is 3. The lowest BCUT2D eigenvalue weighted by atomic mass is 9.75. The second-order valence-corrected chi connectivity index (χ2v) is 7.17. The third kappa shape index (κ3) is 2.62. The lowest BCUT2D eigenvalue weighted by molar-refractivity contribution is -0.102. The van der Waals surface area contributed by atoms with Crippen LogP contribution in [-0.4, -0.2) is 21.9 Å². The Labute approximate surface area is 124 Å². The molecule has 1 aromatic carbocycles. The molecule has 2 aromatic rings. The molecule has 0 saturated heterocycles. The first-order chi connectivity index (χ1) is 9.58. The summed E-state index contributed by atoms with van der Waals surface area (Å²) >= 11 is 1.71. The fourth-order valence-electron chi connectivity index (χ4n) is 3.18. The van der Waals surface area contributed by atoms with Crippen LogP contribution in [0.3, 0.4) is 0 Å². The highest BCUT2D eigenvalue weighted by atomic mass is 32.1. The predicted octanol–water partition coefficient (Wildman–Crippen LogP) is 3.75. The number of aliphatic hydroxyl groups is 2. The van der Waals surface area contributed by atoms with Crippen LogP contribution in [0, 0.1) is 5.92 Å². The molecule has 0 aliphatic heterocycles. The van der Waals surface area contributed by atoms with Crippen molar-refractivity contribution in [3.05, 3.63) is 35.2 Å². The molecule has 1 aliphatic rings. The SMILES string of the molecule is CC1CCC(O)(C(O)Cc2csc3ccccc23)CC1. The Morgan fingerprint density at radius 2 is 2.00 bits per heavy atom. The summed E-state index contributed by atoms with van der Waals surface area (Å²) in [6, 6.07) is 8.27. The van der Waals surface area contributed by atoms with Gasteiger partial charge in [-0.15, -0.1) is 11.3 Å². The molecule has 1 aliphatic carbocycles. The van der Waals surface area contributed by atoms with Gasteiger partial charge in [-0.25, -0.2) is 0 Å². The van der Waals surface area contributed by atoms with Crippen LogP contribution in [-0.2, 0) is 6.42 Å². The maximum Gasteiger partial charge on any atom is 0.0909 e. The Bertz CT molecular complexity index is 581. The van der Waals surface area contributed by atoms with Gasteiger partial charge in [-0.2, -0.15) is 0 Å². The van der Waals surface area contributed by atoms with Gasteiger partial charge in [-0.3, -0.25) is 0 Å². The standard InChI is InChI=1S/C17H22O2S/c1-12-6-8-17(19,9-7-12)16(18)10-13-11-20-15-5-3-2-4-14(13)15/h2-5,11-12,16,18-19H,6-10H2,1H3. The van der Waals surface area contributed by atoms with Crippen molar-refractivity contribution in [1.82, 2.24) is 0 Å². The molecule has 0 radical (unpaired) electrons. The van der Waals surface area contributed by atoms with E-state index in [9.17, 15) is 10.2 Å². The minimum absolute atomic E-state index is 0.550. The number of rotatable bonds is 3. The van der Waals surface area contributed by atoms with Gasteiger partial charge in [0, 0.05) is 11.1 Å². The second kappa shape index (κ2) is 5.47. The van der Waals surface area contributed by atoms with Crippen LogP contribution in [0.25, 0.3) is 10.1 Å². The average Bonchev–Trinajstić information content (AvgIpc) is 2.86. The number of thiophene rings is 1. The molecule has 2 nitrogen and oxygen atoms in total. The van der Waals surface area contributed by atoms with Gasteiger partial charge >= 0.3 is 0 Å². The topological polar surface area (TPSA) is 40.5 Å². The third-order valence-electron chi connectivity index (χ3n) is 4.73. The summed E-state index contributed by atoms with van der Waals surface area (Å²) in [5.74, 6) is 0.671. The smallest absolute Gasteiger partial charge is 0.0909 e. The molecule has 3 heteroatoms. The summed E-state index contributed by atoms with van der Waals surface area (Å²) < 4.78 is 1.25. The van der Waals surface area contributed by atoms with E-state index in [0.717, 1.165) is 31.2 Å². The van der Waals surface area contributed by atoms with Crippen LogP contribution in [0.2, 0.25) is 0 Å². The molecule has 1 aromatic heterocycles. The normalized spacial score (nSPS) is 28.6. The van der Waals surface area contributed by atoms with Crippen molar-refractivity contribution in [1.29, 1.82) is 0 Å². The Morgan fingerprint density at radius 3 is 2.75 bits per heavy atom. The van der Waals surface area contributed by atoms with E-state index in [2.05, 4.69) is 24.4 Å². The van der Waals surface area contributed by atoms with Gasteiger partial charge in [0.15, 0.2) is 0 Å². The van der Waals surface area contributed by atoms with E-state index in [0.29, 0.717) is 12.3 Å². The first-order valence-electron chi connectivity index (χ1n) is 7.44. The third-order valence-corrected chi connectivity index (χ3v) is 5.75. The van der Waals surface area contributed by atoms with Crippen LogP contribution in [0.5, 0.6) is 0 Å². The predicted molar refractivity (Wildman–Crippen MR) is 84.1 cm³/mol. The second-order valence-electron chi connectivity index (χ2n) is 6.26. The van der Waals surface area contributed by atoms with Crippen molar-refractivity contribution >= 4 is 21.4 Å². The molecule has 0 bridgehead atoms. The van der Waals surface area contributed by atoms with Crippen molar-refractivity contribution in [3.8, 4) is 0 Å². The molecule has 1 atom stereocenters. The Hall–Kier alpha value is -0.900. The highest BCUT2D eigenvalue weighted by Gasteiger charge is 2.38. The van der Waals surface area contributed by atoms with E-state index in [4.69, 9.17) is 0 Å². The van der Waals surface area contributed by atoms with Crippen molar-refractivity contribution in [3.63, 3.8) is 0 Å². The lowest BCUT2D eigenvalue weighted by Gasteiger charge is -2.38. The van der Waals surface area contributed by atoms with Crippen molar-refractivity contribution in [2.75, 3.05) is 0 Å². The quantitative estimate of drug-likeness (QED) is 0.904. The number of benzene rings is 1. The molecule has 0 amide bonds. The molecule has 1 unspecified atom stereocenters. The van der Waals surface area contributed by atoms with Crippen molar-refractivity contribution < 1.29 is 10.2 Å². The maximum absolute atomic E-state index is 10.7. The summed E-state index contributed by atoms with van der Waals surface area (Å²) in [6.45, 7) is 2.22. The summed E-state index contributed by atoms with van der Waals surface area (Å²) in [4.78, 5) is 0. The largest absolute Gasteiger partial charge is 0.390 e. The van der Waals surface area contributed by atoms with E-state index < -0.39 is 11.7 Å². The molecule has 20 heavy (non-hydrogen) atoms. The molecule has 3 rings (SSSR count). The maximum atomic E-state index is 10.7. The minimum Gasteiger partial charge on any atom is -0.390 e. The van der Waals surface area contributed by atoms with Gasteiger partial charge < -0.3 is 10.2 Å². The molecule has 0 spiro atoms. The van der Waals surface area contributed by atoms with Crippen molar-refractivity contribution in [2.24, 2.45) is 5.92 Å². The number of fused-ring (bicyclic) bond motifs is 1. The molecular weight excluding hydrogens is 268 g/mol. The number of aliphatic hydroxyl groups excluding tert-OH is 1. The minimum atomic E-state index is -0.893. The zero-order chi connectivity index (χ0) is 14.2. The van der Waals surface area contributed by atoms with Crippen LogP contribution >= 0.6 is 11.3 Å². The fourth-order valence-corrected chi connectivity index (χ4v) is 4.16. The Kier molecular flexibility index (Phi) is 3.85. The molecule has 1 saturated carbocycles. The average molecular weight is 290 g/mol. The van der Waals surface area contributed by atoms with Gasteiger partial charge in [-0.1, -0.05) is 25.1 Å². The molecule has 2 N–H and O–H groups in total. The van der Waals surface area contributed by atoms with Gasteiger partial charge in [-0.05, 0) is 54.0 Å². The Balaban J connectivity index is 1.77. The molecular formula is C17H22O2S. The monoisotopic (exact) mass is 290 g/mol. The fraction of sp³-hybridized carbons (Fsp3) is 0.529. The lowest BCUT2D eigenvalue weighted by Crippen LogP contribution is -2.46. The highest BCUT2D eigenvalue weighted by Crippen LogP contribution is 2.36. The number of hydrogen-bond donors (Lipinski definition) is 2. The van der Waals surface area contributed by atoms with Gasteiger partial charge in [0.2, 0.25) is 0 Å². The molecule has 1 heterocycles. The van der Waals surface area contributed by atoms with E-state index in [1.54, 1.807) is 11.3 Å². The van der Waals surface area contributed by atoms with Crippen LogP contribution in [0.1, 0.15) is 38.2 Å². The Morgan fingerprint density at radius 1 is 1.30 bits per heavy atom. The van der Waals surface area contributed by atoms with Gasteiger partial charge in [0.1, 0.15) is 0 Å². The van der Waals surface area contributed by atoms with E-state index in [1.807, 2.05) is 12.1 Å². The highest BCUT2D eigenvalue weighted by molar-refractivity contribution is 7.17. The summed E-state index contributed by atoms with van der Waals surface area (Å²) in [6.07, 6.45) is 3.35. The van der Waals surface area contributed by atoms with E-state index >= 15 is 0 Å². The summed E-state index contributed by atoms with van der Waals surface area (Å²) in [5, 5.41) is 24.5. The summed E-state index contributed by atoms with van der Waals surface area (Å²) in [5.41, 5.74) is 0.264. The summed E-state index contributed by atoms with van der Waals surface area (Å²) in [7, 11) is 0. The first-order valence-corrected chi connectivity index (χ1v) is 8.32. The zero-order valence-corrected chi connectivity index (χ0v) is 12.7. The van der Waals surface area contributed by atoms with Crippen LogP contribution < -0.4 is 0 Å². The van der Waals surface area contributed by atoms with Gasteiger partial charge in [0.05, 0.1) is 11.7 Å². The van der Waals surface area contributed by atoms with Crippen LogP contribution in [0.15, 0.2) is 29.6 Å². The van der Waals surface area contributed by atoms with Crippen molar-refractivity contribution in [2.45, 2.75) is 50.7 Å². The van der Waals surface area contributed by atoms with E-state index in [-0.39, 0.29) is 0 Å².